The summed E-state index contributed by atoms with van der Waals surface area (Å²) < 4.78 is 17.8. The van der Waals surface area contributed by atoms with Crippen LogP contribution in [0.4, 0.5) is 0 Å². The number of hydrogen-bond donors (Lipinski definition) is 1. The Morgan fingerprint density at radius 2 is 2.00 bits per heavy atom. The molecule has 1 aliphatic carbocycles. The first-order valence-electron chi connectivity index (χ1n) is 6.96. The lowest BCUT2D eigenvalue weighted by Gasteiger charge is -2.33. The number of nitrogens with two attached hydrogens (primary N) is 1. The summed E-state index contributed by atoms with van der Waals surface area (Å²) in [5.74, 6) is 1.46. The van der Waals surface area contributed by atoms with Gasteiger partial charge in [0.1, 0.15) is 5.75 Å². The van der Waals surface area contributed by atoms with Gasteiger partial charge in [0.25, 0.3) is 0 Å². The molecule has 2 N–H and O–H groups in total. The number of hydrogen-bond acceptors (Lipinski definition) is 3. The summed E-state index contributed by atoms with van der Waals surface area (Å²) >= 11 is 0. The Balaban J connectivity index is 2.12. The maximum atomic E-state index is 12.7. The van der Waals surface area contributed by atoms with E-state index in [1.165, 1.54) is 6.42 Å². The van der Waals surface area contributed by atoms with Gasteiger partial charge in [0.05, 0.1) is 23.2 Å². The summed E-state index contributed by atoms with van der Waals surface area (Å²) in [6.45, 7) is 2.20. The van der Waals surface area contributed by atoms with Crippen molar-refractivity contribution in [2.75, 3.05) is 7.11 Å². The van der Waals surface area contributed by atoms with Crippen LogP contribution in [0.25, 0.3) is 0 Å². The lowest BCUT2D eigenvalue weighted by Crippen LogP contribution is -2.42. The van der Waals surface area contributed by atoms with E-state index in [2.05, 4.69) is 6.92 Å². The molecule has 0 spiro atoms. The zero-order chi connectivity index (χ0) is 13.8. The Morgan fingerprint density at radius 3 is 2.58 bits per heavy atom. The van der Waals surface area contributed by atoms with Gasteiger partial charge in [0.15, 0.2) is 0 Å². The van der Waals surface area contributed by atoms with Crippen LogP contribution < -0.4 is 10.5 Å². The van der Waals surface area contributed by atoms with E-state index in [-0.39, 0.29) is 11.3 Å². The summed E-state index contributed by atoms with van der Waals surface area (Å²) in [4.78, 5) is 0.859. The van der Waals surface area contributed by atoms with Crippen molar-refractivity contribution in [3.63, 3.8) is 0 Å². The van der Waals surface area contributed by atoms with Crippen molar-refractivity contribution < 1.29 is 8.95 Å². The highest BCUT2D eigenvalue weighted by molar-refractivity contribution is 7.85. The second-order valence-corrected chi connectivity index (χ2v) is 6.93. The van der Waals surface area contributed by atoms with Gasteiger partial charge >= 0.3 is 0 Å². The van der Waals surface area contributed by atoms with Gasteiger partial charge in [-0.25, -0.2) is 0 Å². The zero-order valence-electron chi connectivity index (χ0n) is 11.7. The monoisotopic (exact) mass is 281 g/mol. The van der Waals surface area contributed by atoms with E-state index in [0.717, 1.165) is 29.9 Å². The molecule has 3 nitrogen and oxygen atoms in total. The van der Waals surface area contributed by atoms with E-state index in [1.54, 1.807) is 7.11 Å². The molecular weight excluding hydrogens is 258 g/mol. The topological polar surface area (TPSA) is 52.3 Å². The second kappa shape index (κ2) is 6.53. The van der Waals surface area contributed by atoms with Crippen LogP contribution in [0.1, 0.15) is 32.6 Å². The molecule has 0 radical (unpaired) electrons. The molecule has 4 atom stereocenters. The molecule has 0 amide bonds. The van der Waals surface area contributed by atoms with Gasteiger partial charge in [0.2, 0.25) is 0 Å². The average Bonchev–Trinajstić information content (AvgIpc) is 2.47. The minimum absolute atomic E-state index is 0.0609. The second-order valence-electron chi connectivity index (χ2n) is 5.26. The quantitative estimate of drug-likeness (QED) is 0.923. The van der Waals surface area contributed by atoms with Crippen LogP contribution in [0.2, 0.25) is 0 Å². The van der Waals surface area contributed by atoms with Crippen LogP contribution in [0.5, 0.6) is 5.75 Å². The zero-order valence-corrected chi connectivity index (χ0v) is 12.5. The predicted octanol–water partition coefficient (Wildman–Crippen LogP) is 2.71. The molecule has 106 valence electrons. The average molecular weight is 281 g/mol. The number of methoxy groups -OCH3 is 1. The first-order chi connectivity index (χ1) is 9.15. The lowest BCUT2D eigenvalue weighted by molar-refractivity contribution is 0.324. The molecule has 1 saturated carbocycles. The van der Waals surface area contributed by atoms with Gasteiger partial charge in [-0.1, -0.05) is 13.3 Å². The Hall–Kier alpha value is -0.870. The van der Waals surface area contributed by atoms with Crippen molar-refractivity contribution in [1.82, 2.24) is 0 Å². The molecule has 1 aromatic carbocycles. The van der Waals surface area contributed by atoms with Crippen molar-refractivity contribution in [2.45, 2.75) is 48.8 Å². The molecule has 1 aliphatic rings. The molecule has 0 saturated heterocycles. The Kier molecular flexibility index (Phi) is 4.99. The molecule has 0 aliphatic heterocycles. The van der Waals surface area contributed by atoms with Crippen LogP contribution >= 0.6 is 0 Å². The fourth-order valence-electron chi connectivity index (χ4n) is 2.74. The van der Waals surface area contributed by atoms with E-state index in [1.807, 2.05) is 24.3 Å². The van der Waals surface area contributed by atoms with Gasteiger partial charge in [-0.3, -0.25) is 4.21 Å². The van der Waals surface area contributed by atoms with Crippen molar-refractivity contribution in [2.24, 2.45) is 11.7 Å². The van der Waals surface area contributed by atoms with Gasteiger partial charge < -0.3 is 10.5 Å². The lowest BCUT2D eigenvalue weighted by atomic mass is 9.84. The Bertz CT molecular complexity index is 432. The van der Waals surface area contributed by atoms with E-state index in [9.17, 15) is 4.21 Å². The summed E-state index contributed by atoms with van der Waals surface area (Å²) in [6, 6.07) is 7.55. The molecule has 0 aromatic heterocycles. The highest BCUT2D eigenvalue weighted by atomic mass is 32.2. The van der Waals surface area contributed by atoms with Crippen molar-refractivity contribution in [1.29, 1.82) is 0 Å². The van der Waals surface area contributed by atoms with Gasteiger partial charge in [-0.15, -0.1) is 0 Å². The van der Waals surface area contributed by atoms with Crippen LogP contribution in [-0.4, -0.2) is 22.6 Å². The molecule has 1 aromatic rings. The molecular formula is C15H23NO2S. The maximum Gasteiger partial charge on any atom is 0.118 e. The molecule has 2 rings (SSSR count). The summed E-state index contributed by atoms with van der Waals surface area (Å²) in [7, 11) is 0.621. The summed E-state index contributed by atoms with van der Waals surface area (Å²) in [5, 5.41) is 0.0899. The van der Waals surface area contributed by atoms with Gasteiger partial charge in [-0.05, 0) is 49.4 Å². The van der Waals surface area contributed by atoms with Gasteiger partial charge in [-0.2, -0.15) is 0 Å². The smallest absolute Gasteiger partial charge is 0.118 e. The number of ether oxygens (including phenoxy) is 1. The van der Waals surface area contributed by atoms with E-state index in [4.69, 9.17) is 10.5 Å². The largest absolute Gasteiger partial charge is 0.497 e. The third-order valence-electron chi connectivity index (χ3n) is 4.10. The van der Waals surface area contributed by atoms with Crippen LogP contribution in [0.15, 0.2) is 29.2 Å². The molecule has 0 bridgehead atoms. The highest BCUT2D eigenvalue weighted by Gasteiger charge is 2.32. The molecule has 1 fully saturated rings. The highest BCUT2D eigenvalue weighted by Crippen LogP contribution is 2.31. The fraction of sp³-hybridized carbons (Fsp3) is 0.600. The Labute approximate surface area is 118 Å². The van der Waals surface area contributed by atoms with Crippen LogP contribution in [0, 0.1) is 5.92 Å². The van der Waals surface area contributed by atoms with Gasteiger partial charge in [0, 0.05) is 10.9 Å². The summed E-state index contributed by atoms with van der Waals surface area (Å²) in [5.41, 5.74) is 6.17. The molecule has 4 heteroatoms. The van der Waals surface area contributed by atoms with Crippen LogP contribution in [-0.2, 0) is 10.8 Å². The molecule has 4 unspecified atom stereocenters. The van der Waals surface area contributed by atoms with E-state index < -0.39 is 10.8 Å². The molecule has 0 heterocycles. The fourth-order valence-corrected chi connectivity index (χ4v) is 4.39. The first-order valence-corrected chi connectivity index (χ1v) is 8.17. The molecule has 19 heavy (non-hydrogen) atoms. The van der Waals surface area contributed by atoms with Crippen LogP contribution in [0.3, 0.4) is 0 Å². The minimum Gasteiger partial charge on any atom is -0.497 e. The first kappa shape index (κ1) is 14.5. The SMILES string of the molecule is CCC1CCC(N)C(S(=O)c2ccc(OC)cc2)C1. The third-order valence-corrected chi connectivity index (χ3v) is 5.92. The minimum atomic E-state index is -1.01. The van der Waals surface area contributed by atoms with E-state index in [0.29, 0.717) is 5.92 Å². The van der Waals surface area contributed by atoms with Crippen molar-refractivity contribution in [3.05, 3.63) is 24.3 Å². The standard InChI is InChI=1S/C15H23NO2S/c1-3-11-4-9-14(16)15(10-11)19(17)13-7-5-12(18-2)6-8-13/h5-8,11,14-15H,3-4,9-10,16H2,1-2H3. The number of benzene rings is 1. The normalized spacial score (nSPS) is 28.9. The number of rotatable bonds is 4. The predicted molar refractivity (Wildman–Crippen MR) is 78.8 cm³/mol. The Morgan fingerprint density at radius 1 is 1.32 bits per heavy atom. The third kappa shape index (κ3) is 3.37. The van der Waals surface area contributed by atoms with E-state index >= 15 is 0 Å². The summed E-state index contributed by atoms with van der Waals surface area (Å²) in [6.07, 6.45) is 4.30. The maximum absolute atomic E-state index is 12.7. The van der Waals surface area contributed by atoms with Crippen molar-refractivity contribution >= 4 is 10.8 Å². The van der Waals surface area contributed by atoms with Crippen molar-refractivity contribution in [3.8, 4) is 5.75 Å².